The summed E-state index contributed by atoms with van der Waals surface area (Å²) >= 11 is 7.56. The summed E-state index contributed by atoms with van der Waals surface area (Å²) in [5.74, 6) is 0. The summed E-state index contributed by atoms with van der Waals surface area (Å²) in [5, 5.41) is 0.669. The zero-order valence-electron chi connectivity index (χ0n) is 16.5. The largest absolute Gasteiger partial charge is 0.290 e. The average molecular weight is 463 g/mol. The summed E-state index contributed by atoms with van der Waals surface area (Å²) in [6, 6.07) is 15.8. The Morgan fingerprint density at radius 1 is 1.20 bits per heavy atom. The van der Waals surface area contributed by atoms with Crippen molar-refractivity contribution >= 4 is 38.3 Å². The summed E-state index contributed by atoms with van der Waals surface area (Å²) < 4.78 is 31.5. The zero-order valence-corrected chi connectivity index (χ0v) is 18.9. The summed E-state index contributed by atoms with van der Waals surface area (Å²) in [7, 11) is -3.77. The van der Waals surface area contributed by atoms with Gasteiger partial charge in [0, 0.05) is 28.6 Å². The fourth-order valence-corrected chi connectivity index (χ4v) is 6.13. The second-order valence-electron chi connectivity index (χ2n) is 7.37. The second-order valence-corrected chi connectivity index (χ2v) is 10.2. The fourth-order valence-electron chi connectivity index (χ4n) is 4.04. The highest BCUT2D eigenvalue weighted by Crippen LogP contribution is 2.39. The minimum absolute atomic E-state index is 0.0656. The van der Waals surface area contributed by atoms with E-state index < -0.39 is 10.0 Å². The van der Waals surface area contributed by atoms with Crippen molar-refractivity contribution in [2.45, 2.75) is 43.2 Å². The lowest BCUT2D eigenvalue weighted by atomic mass is 9.92. The first kappa shape index (κ1) is 21.2. The van der Waals surface area contributed by atoms with Gasteiger partial charge in [-0.1, -0.05) is 54.4 Å². The first-order valence-electron chi connectivity index (χ1n) is 9.85. The van der Waals surface area contributed by atoms with Crippen LogP contribution >= 0.6 is 23.1 Å². The quantitative estimate of drug-likeness (QED) is 0.539. The number of nitrogens with one attached hydrogen (secondary N) is 1. The van der Waals surface area contributed by atoms with Crippen LogP contribution in [0.25, 0.3) is 0 Å². The predicted octanol–water partition coefficient (Wildman–Crippen LogP) is 5.28. The van der Waals surface area contributed by atoms with Crippen LogP contribution in [-0.2, 0) is 10.0 Å². The zero-order chi connectivity index (χ0) is 21.1. The van der Waals surface area contributed by atoms with Crippen LogP contribution in [0.2, 0.25) is 5.02 Å². The van der Waals surface area contributed by atoms with Gasteiger partial charge in [-0.15, -0.1) is 0 Å². The molecule has 9 heteroatoms. The van der Waals surface area contributed by atoms with E-state index in [2.05, 4.69) is 50.2 Å². The number of benzene rings is 2. The second kappa shape index (κ2) is 9.01. The Hall–Kier alpha value is -2.00. The number of hydrogen-bond acceptors (Lipinski definition) is 6. The Balaban J connectivity index is 1.59. The van der Waals surface area contributed by atoms with Crippen molar-refractivity contribution in [3.05, 3.63) is 71.0 Å². The molecule has 30 heavy (non-hydrogen) atoms. The molecule has 0 bridgehead atoms. The number of piperidine rings is 1. The highest BCUT2D eigenvalue weighted by molar-refractivity contribution is 7.93. The number of aromatic nitrogens is 2. The maximum absolute atomic E-state index is 12.6. The molecule has 1 aliphatic heterocycles. The molecule has 4 rings (SSSR count). The van der Waals surface area contributed by atoms with Crippen molar-refractivity contribution < 1.29 is 8.42 Å². The number of anilines is 1. The topological polar surface area (TPSA) is 75.2 Å². The van der Waals surface area contributed by atoms with Gasteiger partial charge in [-0.2, -0.15) is 4.37 Å². The maximum Gasteiger partial charge on any atom is 0.263 e. The van der Waals surface area contributed by atoms with E-state index in [0.717, 1.165) is 36.5 Å². The first-order valence-corrected chi connectivity index (χ1v) is 12.5. The molecule has 2 heterocycles. The van der Waals surface area contributed by atoms with Crippen molar-refractivity contribution in [1.29, 1.82) is 0 Å². The van der Waals surface area contributed by atoms with Gasteiger partial charge in [-0.25, -0.2) is 13.4 Å². The van der Waals surface area contributed by atoms with E-state index in [9.17, 15) is 8.42 Å². The number of hydrogen-bond donors (Lipinski definition) is 1. The number of nitrogens with zero attached hydrogens (tertiary/aromatic N) is 3. The maximum atomic E-state index is 12.6. The summed E-state index contributed by atoms with van der Waals surface area (Å²) in [6.45, 7) is 3.12. The van der Waals surface area contributed by atoms with Crippen LogP contribution in [0.1, 0.15) is 49.4 Å². The van der Waals surface area contributed by atoms with Gasteiger partial charge in [-0.3, -0.25) is 9.62 Å². The smallest absolute Gasteiger partial charge is 0.263 e. The Kier molecular flexibility index (Phi) is 6.38. The molecular formula is C21H23ClN4O2S2. The molecule has 2 atom stereocenters. The minimum atomic E-state index is -3.77. The van der Waals surface area contributed by atoms with E-state index in [1.807, 2.05) is 12.1 Å². The molecule has 1 aromatic heterocycles. The average Bonchev–Trinajstić information content (AvgIpc) is 3.26. The summed E-state index contributed by atoms with van der Waals surface area (Å²) in [4.78, 5) is 6.45. The molecule has 158 valence electrons. The molecule has 1 aliphatic rings. The van der Waals surface area contributed by atoms with Gasteiger partial charge in [-0.05, 0) is 49.6 Å². The Morgan fingerprint density at radius 2 is 2.00 bits per heavy atom. The SMILES string of the molecule is C[C@@H](c1ccc(S(=O)(=O)Nc2ncns2)cc1Cl)N1CCCC[C@H]1c1ccccc1. The molecular weight excluding hydrogens is 440 g/mol. The van der Waals surface area contributed by atoms with E-state index in [0.29, 0.717) is 11.1 Å². The predicted molar refractivity (Wildman–Crippen MR) is 120 cm³/mol. The van der Waals surface area contributed by atoms with Crippen molar-refractivity contribution in [1.82, 2.24) is 14.3 Å². The van der Waals surface area contributed by atoms with E-state index in [1.165, 1.54) is 24.4 Å². The molecule has 0 unspecified atom stereocenters. The Bertz CT molecular complexity index is 1090. The van der Waals surface area contributed by atoms with Crippen LogP contribution in [0.15, 0.2) is 59.8 Å². The van der Waals surface area contributed by atoms with E-state index in [4.69, 9.17) is 11.6 Å². The molecule has 1 fully saturated rings. The van der Waals surface area contributed by atoms with Crippen molar-refractivity contribution in [3.63, 3.8) is 0 Å². The molecule has 2 aromatic carbocycles. The number of rotatable bonds is 6. The third-order valence-electron chi connectivity index (χ3n) is 5.54. The Labute approximate surface area is 186 Å². The van der Waals surface area contributed by atoms with Crippen molar-refractivity contribution in [2.24, 2.45) is 0 Å². The van der Waals surface area contributed by atoms with Gasteiger partial charge >= 0.3 is 0 Å². The molecule has 0 spiro atoms. The third-order valence-corrected chi connectivity index (χ3v) is 7.91. The summed E-state index contributed by atoms with van der Waals surface area (Å²) in [6.07, 6.45) is 4.75. The van der Waals surface area contributed by atoms with Crippen LogP contribution in [0.5, 0.6) is 0 Å². The van der Waals surface area contributed by atoms with Crippen LogP contribution in [0, 0.1) is 0 Å². The minimum Gasteiger partial charge on any atom is -0.290 e. The molecule has 0 aliphatic carbocycles. The Morgan fingerprint density at radius 3 is 2.70 bits per heavy atom. The highest BCUT2D eigenvalue weighted by atomic mass is 35.5. The summed E-state index contributed by atoms with van der Waals surface area (Å²) in [5.41, 5.74) is 2.23. The standard InChI is InChI=1S/C21H23ClN4O2S2/c1-15(26-12-6-5-9-20(26)16-7-3-2-4-8-16)18-11-10-17(13-19(18)22)30(27,28)25-21-23-14-24-29-21/h2-4,7-8,10-11,13-15,20H,5-6,9,12H2,1H3,(H,23,24,25)/t15-,20-/m0/s1. The monoisotopic (exact) mass is 462 g/mol. The molecule has 0 radical (unpaired) electrons. The lowest BCUT2D eigenvalue weighted by Crippen LogP contribution is -2.35. The van der Waals surface area contributed by atoms with Gasteiger partial charge < -0.3 is 0 Å². The molecule has 1 saturated heterocycles. The van der Waals surface area contributed by atoms with Crippen molar-refractivity contribution in [2.75, 3.05) is 11.3 Å². The number of halogens is 1. The van der Waals surface area contributed by atoms with Gasteiger partial charge in [0.05, 0.1) is 4.90 Å². The van der Waals surface area contributed by atoms with Crippen LogP contribution in [-0.4, -0.2) is 29.2 Å². The van der Waals surface area contributed by atoms with Crippen LogP contribution < -0.4 is 4.72 Å². The van der Waals surface area contributed by atoms with E-state index in [1.54, 1.807) is 6.07 Å². The van der Waals surface area contributed by atoms with Gasteiger partial charge in [0.15, 0.2) is 0 Å². The molecule has 1 N–H and O–H groups in total. The first-order chi connectivity index (χ1) is 14.5. The molecule has 0 saturated carbocycles. The molecule has 6 nitrogen and oxygen atoms in total. The lowest BCUT2D eigenvalue weighted by Gasteiger charge is -2.40. The van der Waals surface area contributed by atoms with Gasteiger partial charge in [0.2, 0.25) is 5.13 Å². The van der Waals surface area contributed by atoms with Gasteiger partial charge in [0.25, 0.3) is 10.0 Å². The number of likely N-dealkylation sites (tertiary alicyclic amines) is 1. The lowest BCUT2D eigenvalue weighted by molar-refractivity contribution is 0.103. The molecule has 3 aromatic rings. The van der Waals surface area contributed by atoms with Gasteiger partial charge in [0.1, 0.15) is 6.33 Å². The van der Waals surface area contributed by atoms with Crippen LogP contribution in [0.3, 0.4) is 0 Å². The molecule has 0 amide bonds. The van der Waals surface area contributed by atoms with E-state index >= 15 is 0 Å². The third kappa shape index (κ3) is 4.51. The normalized spacial score (nSPS) is 18.8. The van der Waals surface area contributed by atoms with Crippen molar-refractivity contribution in [3.8, 4) is 0 Å². The van der Waals surface area contributed by atoms with Crippen LogP contribution in [0.4, 0.5) is 5.13 Å². The van der Waals surface area contributed by atoms with E-state index in [-0.39, 0.29) is 16.1 Å². The highest BCUT2D eigenvalue weighted by Gasteiger charge is 2.30. The number of sulfonamides is 1. The fraction of sp³-hybridized carbons (Fsp3) is 0.333.